The molecule has 1 heterocycles. The highest BCUT2D eigenvalue weighted by Crippen LogP contribution is 2.24. The van der Waals surface area contributed by atoms with Gasteiger partial charge in [-0.1, -0.05) is 6.07 Å². The van der Waals surface area contributed by atoms with Gasteiger partial charge in [-0.25, -0.2) is 0 Å². The van der Waals surface area contributed by atoms with Gasteiger partial charge in [0.2, 0.25) is 0 Å². The molecule has 0 bridgehead atoms. The van der Waals surface area contributed by atoms with E-state index in [9.17, 15) is 9.90 Å². The number of anilines is 1. The maximum absolute atomic E-state index is 11.6. The van der Waals surface area contributed by atoms with Crippen molar-refractivity contribution < 1.29 is 9.90 Å². The summed E-state index contributed by atoms with van der Waals surface area (Å²) in [6, 6.07) is 6.56. The second-order valence-corrected chi connectivity index (χ2v) is 3.45. The Labute approximate surface area is 92.1 Å². The van der Waals surface area contributed by atoms with Gasteiger partial charge in [0, 0.05) is 6.20 Å². The van der Waals surface area contributed by atoms with Crippen molar-refractivity contribution in [1.82, 2.24) is 10.2 Å². The predicted molar refractivity (Wildman–Crippen MR) is 59.4 cm³/mol. The fraction of sp³-hybridized carbons (Fsp3) is 0.0909. The molecular formula is C11H11N3O2. The largest absolute Gasteiger partial charge is 0.506 e. The zero-order valence-electron chi connectivity index (χ0n) is 8.69. The third kappa shape index (κ3) is 2.03. The molecule has 5 nitrogen and oxygen atoms in total. The number of phenols is 1. The van der Waals surface area contributed by atoms with Crippen molar-refractivity contribution in [2.45, 2.75) is 6.92 Å². The molecule has 1 amide bonds. The molecule has 0 radical (unpaired) electrons. The number of hydrogen-bond acceptors (Lipinski definition) is 3. The van der Waals surface area contributed by atoms with Crippen LogP contribution in [0.2, 0.25) is 0 Å². The number of hydrogen-bond donors (Lipinski definition) is 3. The number of rotatable bonds is 2. The van der Waals surface area contributed by atoms with Crippen molar-refractivity contribution in [3.63, 3.8) is 0 Å². The summed E-state index contributed by atoms with van der Waals surface area (Å²) in [7, 11) is 0. The van der Waals surface area contributed by atoms with Crippen molar-refractivity contribution >= 4 is 11.6 Å². The number of aromatic hydroxyl groups is 1. The van der Waals surface area contributed by atoms with Crippen molar-refractivity contribution in [2.75, 3.05) is 5.32 Å². The molecule has 1 aromatic carbocycles. The van der Waals surface area contributed by atoms with Gasteiger partial charge < -0.3 is 10.4 Å². The Hall–Kier alpha value is -2.30. The summed E-state index contributed by atoms with van der Waals surface area (Å²) in [6.45, 7) is 1.88. The number of phenolic OH excluding ortho intramolecular Hbond substituents is 1. The molecule has 0 unspecified atom stereocenters. The number of nitrogens with zero attached hydrogens (tertiary/aromatic N) is 1. The monoisotopic (exact) mass is 217 g/mol. The van der Waals surface area contributed by atoms with E-state index in [2.05, 4.69) is 15.5 Å². The molecule has 0 fully saturated rings. The molecule has 0 aliphatic heterocycles. The van der Waals surface area contributed by atoms with Gasteiger partial charge in [0.25, 0.3) is 5.91 Å². The van der Waals surface area contributed by atoms with E-state index < -0.39 is 0 Å². The third-order valence-corrected chi connectivity index (χ3v) is 2.15. The Bertz CT molecular complexity index is 506. The highest BCUT2D eigenvalue weighted by atomic mass is 16.3. The van der Waals surface area contributed by atoms with E-state index in [1.807, 2.05) is 6.92 Å². The minimum atomic E-state index is -0.335. The van der Waals surface area contributed by atoms with E-state index in [0.717, 1.165) is 5.56 Å². The van der Waals surface area contributed by atoms with E-state index in [-0.39, 0.29) is 11.7 Å². The van der Waals surface area contributed by atoms with Crippen LogP contribution in [0.15, 0.2) is 30.5 Å². The van der Waals surface area contributed by atoms with Crippen LogP contribution in [-0.4, -0.2) is 21.2 Å². The minimum Gasteiger partial charge on any atom is -0.506 e. The summed E-state index contributed by atoms with van der Waals surface area (Å²) in [6.07, 6.45) is 1.49. The van der Waals surface area contributed by atoms with Crippen molar-refractivity contribution in [3.8, 4) is 5.75 Å². The van der Waals surface area contributed by atoms with Crippen LogP contribution >= 0.6 is 0 Å². The maximum atomic E-state index is 11.6. The van der Waals surface area contributed by atoms with Gasteiger partial charge in [-0.05, 0) is 30.7 Å². The molecule has 82 valence electrons. The van der Waals surface area contributed by atoms with Crippen molar-refractivity contribution in [2.24, 2.45) is 0 Å². The number of benzene rings is 1. The molecule has 0 atom stereocenters. The van der Waals surface area contributed by atoms with E-state index in [0.29, 0.717) is 11.4 Å². The SMILES string of the molecule is Cc1ccc(O)c(NC(=O)c2ccn[nH]2)c1. The molecule has 5 heteroatoms. The third-order valence-electron chi connectivity index (χ3n) is 2.15. The van der Waals surface area contributed by atoms with Gasteiger partial charge in [-0.15, -0.1) is 0 Å². The van der Waals surface area contributed by atoms with Crippen LogP contribution in [0.25, 0.3) is 0 Å². The van der Waals surface area contributed by atoms with Gasteiger partial charge >= 0.3 is 0 Å². The first kappa shape index (κ1) is 10.2. The lowest BCUT2D eigenvalue weighted by molar-refractivity contribution is 0.102. The smallest absolute Gasteiger partial charge is 0.273 e. The second kappa shape index (κ2) is 4.06. The van der Waals surface area contributed by atoms with Crippen molar-refractivity contribution in [3.05, 3.63) is 41.7 Å². The summed E-state index contributed by atoms with van der Waals surface area (Å²) in [4.78, 5) is 11.6. The summed E-state index contributed by atoms with van der Waals surface area (Å²) < 4.78 is 0. The van der Waals surface area contributed by atoms with Crippen LogP contribution in [-0.2, 0) is 0 Å². The first-order valence-electron chi connectivity index (χ1n) is 4.77. The standard InChI is InChI=1S/C11H11N3O2/c1-7-2-3-10(15)9(6-7)13-11(16)8-4-5-12-14-8/h2-6,15H,1H3,(H,12,14)(H,13,16). The summed E-state index contributed by atoms with van der Waals surface area (Å²) in [5.41, 5.74) is 1.69. The van der Waals surface area contributed by atoms with E-state index in [1.165, 1.54) is 12.3 Å². The Morgan fingerprint density at radius 3 is 2.94 bits per heavy atom. The number of H-pyrrole nitrogens is 1. The van der Waals surface area contributed by atoms with Crippen LogP contribution in [0.3, 0.4) is 0 Å². The first-order valence-corrected chi connectivity index (χ1v) is 4.77. The molecule has 2 rings (SSSR count). The topological polar surface area (TPSA) is 78.0 Å². The first-order chi connectivity index (χ1) is 7.66. The Morgan fingerprint density at radius 2 is 2.25 bits per heavy atom. The van der Waals surface area contributed by atoms with E-state index in [1.54, 1.807) is 18.2 Å². The zero-order chi connectivity index (χ0) is 11.5. The molecule has 0 aliphatic carbocycles. The summed E-state index contributed by atoms with van der Waals surface area (Å²) in [5.74, 6) is -0.295. The average molecular weight is 217 g/mol. The Kier molecular flexibility index (Phi) is 2.59. The normalized spacial score (nSPS) is 10.1. The molecule has 16 heavy (non-hydrogen) atoms. The Morgan fingerprint density at radius 1 is 1.44 bits per heavy atom. The number of aromatic amines is 1. The fourth-order valence-electron chi connectivity index (χ4n) is 1.32. The molecule has 3 N–H and O–H groups in total. The average Bonchev–Trinajstić information content (AvgIpc) is 2.76. The lowest BCUT2D eigenvalue weighted by atomic mass is 10.2. The molecule has 2 aromatic rings. The number of aryl methyl sites for hydroxylation is 1. The van der Waals surface area contributed by atoms with Crippen LogP contribution in [0.1, 0.15) is 16.1 Å². The molecule has 0 saturated carbocycles. The maximum Gasteiger partial charge on any atom is 0.273 e. The van der Waals surface area contributed by atoms with Crippen molar-refractivity contribution in [1.29, 1.82) is 0 Å². The van der Waals surface area contributed by atoms with Crippen LogP contribution in [0.5, 0.6) is 5.75 Å². The van der Waals surface area contributed by atoms with Gasteiger partial charge in [-0.3, -0.25) is 9.89 Å². The molecule has 0 spiro atoms. The lowest BCUT2D eigenvalue weighted by Crippen LogP contribution is -2.12. The van der Waals surface area contributed by atoms with Gasteiger partial charge in [0.15, 0.2) is 0 Å². The van der Waals surface area contributed by atoms with E-state index >= 15 is 0 Å². The number of amides is 1. The summed E-state index contributed by atoms with van der Waals surface area (Å²) in [5, 5.41) is 18.4. The molecule has 0 aliphatic rings. The number of carbonyl (C=O) groups excluding carboxylic acids is 1. The van der Waals surface area contributed by atoms with Gasteiger partial charge in [0.05, 0.1) is 5.69 Å². The minimum absolute atomic E-state index is 0.0402. The zero-order valence-corrected chi connectivity index (χ0v) is 8.69. The number of carbonyl (C=O) groups is 1. The summed E-state index contributed by atoms with van der Waals surface area (Å²) >= 11 is 0. The van der Waals surface area contributed by atoms with Gasteiger partial charge in [-0.2, -0.15) is 5.10 Å². The van der Waals surface area contributed by atoms with Gasteiger partial charge in [0.1, 0.15) is 11.4 Å². The number of nitrogens with one attached hydrogen (secondary N) is 2. The van der Waals surface area contributed by atoms with Crippen LogP contribution in [0, 0.1) is 6.92 Å². The molecule has 1 aromatic heterocycles. The predicted octanol–water partition coefficient (Wildman–Crippen LogP) is 1.68. The molecular weight excluding hydrogens is 206 g/mol. The second-order valence-electron chi connectivity index (χ2n) is 3.45. The van der Waals surface area contributed by atoms with Crippen LogP contribution in [0.4, 0.5) is 5.69 Å². The quantitative estimate of drug-likeness (QED) is 0.669. The molecule has 0 saturated heterocycles. The highest BCUT2D eigenvalue weighted by molar-refractivity contribution is 6.03. The highest BCUT2D eigenvalue weighted by Gasteiger charge is 2.09. The van der Waals surface area contributed by atoms with E-state index in [4.69, 9.17) is 0 Å². The Balaban J connectivity index is 2.21. The number of aromatic nitrogens is 2. The fourth-order valence-corrected chi connectivity index (χ4v) is 1.32. The van der Waals surface area contributed by atoms with Crippen LogP contribution < -0.4 is 5.32 Å². The lowest BCUT2D eigenvalue weighted by Gasteiger charge is -2.06.